The lowest BCUT2D eigenvalue weighted by Gasteiger charge is -2.32. The van der Waals surface area contributed by atoms with Crippen LogP contribution in [0.1, 0.15) is 26.7 Å². The summed E-state index contributed by atoms with van der Waals surface area (Å²) in [5.74, 6) is -0.0373. The smallest absolute Gasteiger partial charge is 0.217 e. The maximum atomic E-state index is 10.6. The van der Waals surface area contributed by atoms with Crippen molar-refractivity contribution in [2.75, 3.05) is 6.61 Å². The van der Waals surface area contributed by atoms with Crippen LogP contribution < -0.4 is 5.32 Å². The summed E-state index contributed by atoms with van der Waals surface area (Å²) in [5.41, 5.74) is 0. The lowest BCUT2D eigenvalue weighted by molar-refractivity contribution is -0.121. The number of hydrogen-bond acceptors (Lipinski definition) is 3. The average Bonchev–Trinajstić information content (AvgIpc) is 1.94. The monoisotopic (exact) mass is 187 g/mol. The Morgan fingerprint density at radius 2 is 2.31 bits per heavy atom. The molecule has 0 heterocycles. The summed E-state index contributed by atoms with van der Waals surface area (Å²) in [7, 11) is 0. The molecule has 0 aliphatic heterocycles. The molecule has 1 rings (SSSR count). The van der Waals surface area contributed by atoms with Crippen LogP contribution in [0.5, 0.6) is 0 Å². The minimum Gasteiger partial charge on any atom is -0.393 e. The van der Waals surface area contributed by atoms with E-state index in [1.165, 1.54) is 6.92 Å². The zero-order valence-corrected chi connectivity index (χ0v) is 8.12. The Labute approximate surface area is 78.3 Å². The lowest BCUT2D eigenvalue weighted by Crippen LogP contribution is -2.40. The highest BCUT2D eigenvalue weighted by atomic mass is 16.5. The first-order chi connectivity index (χ1) is 6.08. The second-order valence-electron chi connectivity index (χ2n) is 3.68. The van der Waals surface area contributed by atoms with E-state index in [1.54, 1.807) is 0 Å². The van der Waals surface area contributed by atoms with E-state index in [9.17, 15) is 4.79 Å². The molecular weight excluding hydrogens is 170 g/mol. The molecule has 4 heteroatoms. The van der Waals surface area contributed by atoms with Gasteiger partial charge in [0.15, 0.2) is 0 Å². The fourth-order valence-electron chi connectivity index (χ4n) is 1.34. The van der Waals surface area contributed by atoms with Gasteiger partial charge in [0.2, 0.25) is 5.91 Å². The maximum absolute atomic E-state index is 10.6. The molecule has 0 spiro atoms. The summed E-state index contributed by atoms with van der Waals surface area (Å²) in [5, 5.41) is 11.7. The minimum atomic E-state index is -0.180. The lowest BCUT2D eigenvalue weighted by atomic mass is 9.92. The SMILES string of the molecule is CC(=O)N[C@@H](C)COC1CC(O)C1. The molecule has 0 radical (unpaired) electrons. The quantitative estimate of drug-likeness (QED) is 0.654. The normalized spacial score (nSPS) is 29.2. The van der Waals surface area contributed by atoms with Gasteiger partial charge in [0.25, 0.3) is 0 Å². The minimum absolute atomic E-state index is 0.0373. The van der Waals surface area contributed by atoms with Crippen molar-refractivity contribution in [3.63, 3.8) is 0 Å². The van der Waals surface area contributed by atoms with Gasteiger partial charge in [-0.05, 0) is 19.8 Å². The molecule has 1 amide bonds. The first-order valence-electron chi connectivity index (χ1n) is 4.64. The molecule has 0 bridgehead atoms. The number of nitrogens with one attached hydrogen (secondary N) is 1. The van der Waals surface area contributed by atoms with Crippen molar-refractivity contribution >= 4 is 5.91 Å². The average molecular weight is 187 g/mol. The van der Waals surface area contributed by atoms with E-state index in [2.05, 4.69) is 5.32 Å². The van der Waals surface area contributed by atoms with Gasteiger partial charge in [0.1, 0.15) is 0 Å². The van der Waals surface area contributed by atoms with E-state index in [-0.39, 0.29) is 24.2 Å². The van der Waals surface area contributed by atoms with Crippen molar-refractivity contribution < 1.29 is 14.6 Å². The predicted molar refractivity (Wildman–Crippen MR) is 48.3 cm³/mol. The van der Waals surface area contributed by atoms with Gasteiger partial charge in [0.05, 0.1) is 18.8 Å². The van der Waals surface area contributed by atoms with Gasteiger partial charge in [-0.2, -0.15) is 0 Å². The highest BCUT2D eigenvalue weighted by Crippen LogP contribution is 2.22. The van der Waals surface area contributed by atoms with Crippen molar-refractivity contribution in [3.05, 3.63) is 0 Å². The van der Waals surface area contributed by atoms with Gasteiger partial charge >= 0.3 is 0 Å². The first kappa shape index (κ1) is 10.5. The molecule has 13 heavy (non-hydrogen) atoms. The number of carbonyl (C=O) groups is 1. The molecule has 1 atom stereocenters. The van der Waals surface area contributed by atoms with Gasteiger partial charge in [-0.15, -0.1) is 0 Å². The third-order valence-corrected chi connectivity index (χ3v) is 2.10. The Morgan fingerprint density at radius 1 is 1.69 bits per heavy atom. The summed E-state index contributed by atoms with van der Waals surface area (Å²) in [6.07, 6.45) is 1.46. The van der Waals surface area contributed by atoms with Gasteiger partial charge < -0.3 is 15.2 Å². The third kappa shape index (κ3) is 3.74. The number of rotatable bonds is 4. The second kappa shape index (κ2) is 4.58. The fourth-order valence-corrected chi connectivity index (χ4v) is 1.34. The number of carbonyl (C=O) groups excluding carboxylic acids is 1. The van der Waals surface area contributed by atoms with Crippen LogP contribution in [-0.4, -0.2) is 35.9 Å². The van der Waals surface area contributed by atoms with E-state index in [0.717, 1.165) is 12.8 Å². The number of ether oxygens (including phenoxy) is 1. The summed E-state index contributed by atoms with van der Waals surface area (Å²) >= 11 is 0. The van der Waals surface area contributed by atoms with Gasteiger partial charge in [-0.25, -0.2) is 0 Å². The molecule has 4 nitrogen and oxygen atoms in total. The summed E-state index contributed by atoms with van der Waals surface area (Å²) in [6, 6.07) is 0.0512. The molecule has 1 fully saturated rings. The molecule has 1 saturated carbocycles. The van der Waals surface area contributed by atoms with Crippen LogP contribution in [0.25, 0.3) is 0 Å². The summed E-state index contributed by atoms with van der Waals surface area (Å²) in [4.78, 5) is 10.6. The Balaban J connectivity index is 2.02. The van der Waals surface area contributed by atoms with Crippen molar-refractivity contribution in [1.29, 1.82) is 0 Å². The molecule has 2 N–H and O–H groups in total. The van der Waals surface area contributed by atoms with Crippen molar-refractivity contribution in [3.8, 4) is 0 Å². The van der Waals surface area contributed by atoms with E-state index < -0.39 is 0 Å². The zero-order valence-electron chi connectivity index (χ0n) is 8.12. The second-order valence-corrected chi connectivity index (χ2v) is 3.68. The molecule has 1 aliphatic carbocycles. The van der Waals surface area contributed by atoms with Gasteiger partial charge in [-0.3, -0.25) is 4.79 Å². The van der Waals surface area contributed by atoms with Crippen LogP contribution >= 0.6 is 0 Å². The van der Waals surface area contributed by atoms with Crippen LogP contribution in [0.2, 0.25) is 0 Å². The van der Waals surface area contributed by atoms with Crippen molar-refractivity contribution in [2.45, 2.75) is 44.9 Å². The predicted octanol–water partition coefficient (Wildman–Crippen LogP) is 0.0509. The standard InChI is InChI=1S/C9H17NO3/c1-6(10-7(2)11)5-13-9-3-8(12)4-9/h6,8-9,12H,3-5H2,1-2H3,(H,10,11)/t6-,8?,9?/m0/s1. The van der Waals surface area contributed by atoms with Gasteiger partial charge in [-0.1, -0.05) is 0 Å². The van der Waals surface area contributed by atoms with Crippen LogP contribution in [0.4, 0.5) is 0 Å². The van der Waals surface area contributed by atoms with Crippen LogP contribution in [0.15, 0.2) is 0 Å². The summed E-state index contributed by atoms with van der Waals surface area (Å²) in [6.45, 7) is 3.91. The molecule has 0 unspecified atom stereocenters. The van der Waals surface area contributed by atoms with Crippen molar-refractivity contribution in [1.82, 2.24) is 5.32 Å². The molecule has 0 aromatic heterocycles. The largest absolute Gasteiger partial charge is 0.393 e. The van der Waals surface area contributed by atoms with E-state index in [4.69, 9.17) is 9.84 Å². The van der Waals surface area contributed by atoms with Crippen molar-refractivity contribution in [2.24, 2.45) is 0 Å². The number of hydrogen-bond donors (Lipinski definition) is 2. The Morgan fingerprint density at radius 3 is 2.77 bits per heavy atom. The highest BCUT2D eigenvalue weighted by molar-refractivity contribution is 5.73. The van der Waals surface area contributed by atoms with E-state index in [1.807, 2.05) is 6.92 Å². The number of aliphatic hydroxyl groups is 1. The topological polar surface area (TPSA) is 58.6 Å². The number of aliphatic hydroxyl groups excluding tert-OH is 1. The zero-order chi connectivity index (χ0) is 9.84. The Hall–Kier alpha value is -0.610. The fraction of sp³-hybridized carbons (Fsp3) is 0.889. The number of amides is 1. The van der Waals surface area contributed by atoms with E-state index in [0.29, 0.717) is 6.61 Å². The molecule has 76 valence electrons. The molecule has 0 aromatic carbocycles. The molecule has 0 saturated heterocycles. The first-order valence-corrected chi connectivity index (χ1v) is 4.64. The molecular formula is C9H17NO3. The van der Waals surface area contributed by atoms with Crippen LogP contribution in [-0.2, 0) is 9.53 Å². The van der Waals surface area contributed by atoms with Crippen LogP contribution in [0, 0.1) is 0 Å². The third-order valence-electron chi connectivity index (χ3n) is 2.10. The Bertz CT molecular complexity index is 178. The molecule has 1 aliphatic rings. The molecule has 0 aromatic rings. The highest BCUT2D eigenvalue weighted by Gasteiger charge is 2.28. The van der Waals surface area contributed by atoms with E-state index >= 15 is 0 Å². The Kier molecular flexibility index (Phi) is 3.69. The summed E-state index contributed by atoms with van der Waals surface area (Å²) < 4.78 is 5.44. The van der Waals surface area contributed by atoms with Gasteiger partial charge in [0, 0.05) is 13.0 Å². The maximum Gasteiger partial charge on any atom is 0.217 e. The van der Waals surface area contributed by atoms with Crippen LogP contribution in [0.3, 0.4) is 0 Å².